The quantitative estimate of drug-likeness (QED) is 0.156. The third-order valence-electron chi connectivity index (χ3n) is 7.62. The summed E-state index contributed by atoms with van der Waals surface area (Å²) in [5.41, 5.74) is 0.846. The Labute approximate surface area is 258 Å². The second-order valence-electron chi connectivity index (χ2n) is 11.0. The number of amides is 3. The molecule has 1 saturated carbocycles. The highest BCUT2D eigenvalue weighted by molar-refractivity contribution is 5.86. The topological polar surface area (TPSA) is 143 Å². The summed E-state index contributed by atoms with van der Waals surface area (Å²) in [4.78, 5) is 51.8. The number of alkyl carbamates (subject to hydrolysis) is 1. The summed E-state index contributed by atoms with van der Waals surface area (Å²) >= 11 is 0. The van der Waals surface area contributed by atoms with Gasteiger partial charge in [-0.05, 0) is 36.8 Å². The zero-order valence-corrected chi connectivity index (χ0v) is 25.0. The third kappa shape index (κ3) is 10.7. The molecular weight excluding hydrogens is 562 g/mol. The zero-order chi connectivity index (χ0) is 31.8. The fourth-order valence-electron chi connectivity index (χ4n) is 5.18. The van der Waals surface area contributed by atoms with Crippen LogP contribution in [-0.2, 0) is 30.5 Å². The van der Waals surface area contributed by atoms with Crippen molar-refractivity contribution >= 4 is 23.9 Å². The van der Waals surface area contributed by atoms with E-state index < -0.39 is 41.5 Å². The zero-order valence-electron chi connectivity index (χ0n) is 25.0. The van der Waals surface area contributed by atoms with Crippen LogP contribution in [0.4, 0.5) is 4.79 Å². The van der Waals surface area contributed by atoms with Gasteiger partial charge < -0.3 is 30.5 Å². The second kappa shape index (κ2) is 17.6. The molecule has 1 fully saturated rings. The summed E-state index contributed by atoms with van der Waals surface area (Å²) in [5.74, 6) is -2.16. The van der Waals surface area contributed by atoms with Crippen molar-refractivity contribution < 1.29 is 33.8 Å². The largest absolute Gasteiger partial charge is 0.462 e. The minimum Gasteiger partial charge on any atom is -0.462 e. The van der Waals surface area contributed by atoms with Gasteiger partial charge >= 0.3 is 12.1 Å². The Morgan fingerprint density at radius 1 is 0.886 bits per heavy atom. The monoisotopic (exact) mass is 605 g/mol. The first-order chi connectivity index (χ1) is 21.3. The van der Waals surface area contributed by atoms with E-state index >= 15 is 0 Å². The van der Waals surface area contributed by atoms with Crippen LogP contribution >= 0.6 is 0 Å². The number of hydrogen-bond acceptors (Lipinski definition) is 7. The Hall–Kier alpha value is -4.44. The van der Waals surface area contributed by atoms with Crippen molar-refractivity contribution in [1.82, 2.24) is 16.0 Å². The molecule has 1 aliphatic rings. The predicted octanol–water partition coefficient (Wildman–Crippen LogP) is 4.26. The van der Waals surface area contributed by atoms with E-state index in [1.807, 2.05) is 36.4 Å². The molecule has 4 N–H and O–H groups in total. The molecule has 0 heterocycles. The maximum Gasteiger partial charge on any atom is 0.408 e. The summed E-state index contributed by atoms with van der Waals surface area (Å²) in [7, 11) is 0. The molecule has 0 radical (unpaired) electrons. The number of benzene rings is 2. The number of rotatable bonds is 17. The van der Waals surface area contributed by atoms with Crippen LogP contribution in [0.3, 0.4) is 0 Å². The molecule has 0 bridgehead atoms. The van der Waals surface area contributed by atoms with Crippen LogP contribution in [0.1, 0.15) is 62.1 Å². The van der Waals surface area contributed by atoms with Crippen molar-refractivity contribution in [1.29, 1.82) is 0 Å². The molecule has 236 valence electrons. The van der Waals surface area contributed by atoms with Crippen LogP contribution < -0.4 is 16.0 Å². The van der Waals surface area contributed by atoms with Gasteiger partial charge in [0.1, 0.15) is 19.3 Å². The van der Waals surface area contributed by atoms with Crippen LogP contribution in [-0.4, -0.2) is 53.8 Å². The number of hydrogen-bond donors (Lipinski definition) is 4. The van der Waals surface area contributed by atoms with E-state index in [0.717, 1.165) is 18.4 Å². The van der Waals surface area contributed by atoms with Crippen molar-refractivity contribution in [3.8, 4) is 0 Å². The van der Waals surface area contributed by atoms with Gasteiger partial charge in [-0.1, -0.05) is 85.7 Å². The fraction of sp³-hybridized carbons (Fsp3) is 0.412. The van der Waals surface area contributed by atoms with Gasteiger partial charge in [0.05, 0.1) is 24.1 Å². The average molecular weight is 606 g/mol. The number of carbonyl (C=O) groups excluding carboxylic acids is 4. The van der Waals surface area contributed by atoms with E-state index in [2.05, 4.69) is 29.1 Å². The lowest BCUT2D eigenvalue weighted by Gasteiger charge is -2.29. The minimum atomic E-state index is -1.05. The molecule has 2 aromatic rings. The molecule has 3 amide bonds. The maximum absolute atomic E-state index is 13.4. The van der Waals surface area contributed by atoms with Crippen molar-refractivity contribution in [3.63, 3.8) is 0 Å². The first kappa shape index (κ1) is 34.1. The second-order valence-corrected chi connectivity index (χ2v) is 11.0. The Morgan fingerprint density at radius 2 is 1.52 bits per heavy atom. The standard InChI is InChI=1S/C34H43N3O7/c1-3-13-27(21-30(39)37-34(24-38)19-11-12-20-34)31(40)35-29(26-17-9-6-10-18-26)23-43-32(41)28(14-4-2)36-33(42)44-22-25-15-7-5-8-16-25/h3-10,15-18,27-29,38H,1-2,11-14,19-24H2,(H,35,40)(H,36,42)(H,37,39)/t27-,28-,29+/m1/s1. The van der Waals surface area contributed by atoms with Crippen molar-refractivity contribution in [2.24, 2.45) is 5.92 Å². The highest BCUT2D eigenvalue weighted by Crippen LogP contribution is 2.29. The van der Waals surface area contributed by atoms with E-state index in [1.54, 1.807) is 30.3 Å². The molecule has 3 atom stereocenters. The normalized spacial score (nSPS) is 15.6. The molecule has 10 heteroatoms. The van der Waals surface area contributed by atoms with E-state index in [-0.39, 0.29) is 45.0 Å². The molecule has 0 spiro atoms. The van der Waals surface area contributed by atoms with Gasteiger partial charge in [-0.25, -0.2) is 9.59 Å². The number of aliphatic hydroxyl groups excluding tert-OH is 1. The summed E-state index contributed by atoms with van der Waals surface area (Å²) in [5, 5.41) is 18.3. The van der Waals surface area contributed by atoms with E-state index in [0.29, 0.717) is 18.4 Å². The van der Waals surface area contributed by atoms with Gasteiger partial charge in [0.2, 0.25) is 11.8 Å². The third-order valence-corrected chi connectivity index (χ3v) is 7.62. The Morgan fingerprint density at radius 3 is 2.14 bits per heavy atom. The van der Waals surface area contributed by atoms with Crippen LogP contribution in [0.25, 0.3) is 0 Å². The van der Waals surface area contributed by atoms with Crippen molar-refractivity contribution in [3.05, 3.63) is 97.1 Å². The molecule has 0 aromatic heterocycles. The van der Waals surface area contributed by atoms with Gasteiger partial charge in [-0.15, -0.1) is 13.2 Å². The first-order valence-electron chi connectivity index (χ1n) is 14.9. The molecule has 3 rings (SSSR count). The lowest BCUT2D eigenvalue weighted by atomic mass is 9.95. The lowest BCUT2D eigenvalue weighted by Crippen LogP contribution is -2.50. The molecule has 0 aliphatic heterocycles. The van der Waals surface area contributed by atoms with Crippen LogP contribution in [0, 0.1) is 5.92 Å². The highest BCUT2D eigenvalue weighted by Gasteiger charge is 2.35. The van der Waals surface area contributed by atoms with E-state index in [1.165, 1.54) is 6.08 Å². The molecule has 0 unspecified atom stereocenters. The van der Waals surface area contributed by atoms with Crippen LogP contribution in [0.2, 0.25) is 0 Å². The lowest BCUT2D eigenvalue weighted by molar-refractivity contribution is -0.147. The maximum atomic E-state index is 13.4. The molecule has 10 nitrogen and oxygen atoms in total. The summed E-state index contributed by atoms with van der Waals surface area (Å²) in [6.45, 7) is 7.06. The molecule has 2 aromatic carbocycles. The van der Waals surface area contributed by atoms with Gasteiger partial charge in [0, 0.05) is 6.42 Å². The number of allylic oxidation sites excluding steroid dienone is 1. The van der Waals surface area contributed by atoms with Gasteiger partial charge in [-0.2, -0.15) is 0 Å². The highest BCUT2D eigenvalue weighted by atomic mass is 16.6. The number of esters is 1. The number of nitrogens with one attached hydrogen (secondary N) is 3. The predicted molar refractivity (Wildman–Crippen MR) is 166 cm³/mol. The van der Waals surface area contributed by atoms with Gasteiger partial charge in [-0.3, -0.25) is 9.59 Å². The Kier molecular flexibility index (Phi) is 13.6. The fourth-order valence-corrected chi connectivity index (χ4v) is 5.18. The van der Waals surface area contributed by atoms with Crippen molar-refractivity contribution in [2.75, 3.05) is 13.2 Å². The number of aliphatic hydroxyl groups is 1. The SMILES string of the molecule is C=CC[C@H](CC(=O)NC1(CO)CCCC1)C(=O)N[C@@H](COC(=O)[C@@H](CC=C)NC(=O)OCc1ccccc1)c1ccccc1. The molecule has 1 aliphatic carbocycles. The van der Waals surface area contributed by atoms with E-state index in [4.69, 9.17) is 9.47 Å². The summed E-state index contributed by atoms with van der Waals surface area (Å²) < 4.78 is 10.8. The number of ether oxygens (including phenoxy) is 2. The molecule has 0 saturated heterocycles. The smallest absolute Gasteiger partial charge is 0.408 e. The minimum absolute atomic E-state index is 0.0372. The Balaban J connectivity index is 1.63. The van der Waals surface area contributed by atoms with Gasteiger partial charge in [0.25, 0.3) is 0 Å². The Bertz CT molecular complexity index is 1250. The molecule has 44 heavy (non-hydrogen) atoms. The van der Waals surface area contributed by atoms with Gasteiger partial charge in [0.15, 0.2) is 0 Å². The number of carbonyl (C=O) groups is 4. The summed E-state index contributed by atoms with van der Waals surface area (Å²) in [6.07, 6.45) is 5.79. The van der Waals surface area contributed by atoms with Crippen LogP contribution in [0.15, 0.2) is 86.0 Å². The average Bonchev–Trinajstić information content (AvgIpc) is 3.51. The molecular formula is C34H43N3O7. The van der Waals surface area contributed by atoms with Crippen molar-refractivity contribution in [2.45, 2.75) is 69.2 Å². The summed E-state index contributed by atoms with van der Waals surface area (Å²) in [6, 6.07) is 16.4. The first-order valence-corrected chi connectivity index (χ1v) is 14.9. The van der Waals surface area contributed by atoms with Crippen LogP contribution in [0.5, 0.6) is 0 Å². The van der Waals surface area contributed by atoms with E-state index in [9.17, 15) is 24.3 Å².